The minimum Gasteiger partial charge on any atom is -0.354 e. The maximum Gasteiger partial charge on any atom is 0.221 e. The second kappa shape index (κ2) is 11.1. The summed E-state index contributed by atoms with van der Waals surface area (Å²) in [6.45, 7) is 1.34. The molecule has 0 bridgehead atoms. The van der Waals surface area contributed by atoms with E-state index in [0.717, 1.165) is 0 Å². The van der Waals surface area contributed by atoms with Crippen molar-refractivity contribution in [2.75, 3.05) is 19.6 Å². The van der Waals surface area contributed by atoms with Crippen molar-refractivity contribution in [3.8, 4) is 0 Å². The van der Waals surface area contributed by atoms with Crippen LogP contribution in [0.15, 0.2) is 0 Å². The molecule has 0 atom stereocenters. The zero-order valence-corrected chi connectivity index (χ0v) is 12.3. The van der Waals surface area contributed by atoms with Crippen LogP contribution in [0.4, 0.5) is 0 Å². The highest BCUT2D eigenvalue weighted by Gasteiger charge is 2.16. The summed E-state index contributed by atoms with van der Waals surface area (Å²) in [6, 6.07) is 0. The first kappa shape index (κ1) is 18.2. The monoisotopic (exact) mass is 291 g/mol. The molecule has 0 saturated heterocycles. The standard InChI is InChI=1S/C13H25N3O2.ClH/c14-7-6-12(17)15-8-9-16-13(18)10-11-4-2-1-3-5-11;/h11H,1-10,14H2,(H,15,17)(H,16,18);1H. The van der Waals surface area contributed by atoms with E-state index in [1.165, 1.54) is 32.1 Å². The Labute approximate surface area is 121 Å². The molecule has 0 unspecified atom stereocenters. The van der Waals surface area contributed by atoms with Gasteiger partial charge in [0.05, 0.1) is 0 Å². The van der Waals surface area contributed by atoms with Gasteiger partial charge >= 0.3 is 0 Å². The van der Waals surface area contributed by atoms with E-state index < -0.39 is 0 Å². The Balaban J connectivity index is 0.00000324. The summed E-state index contributed by atoms with van der Waals surface area (Å²) >= 11 is 0. The lowest BCUT2D eigenvalue weighted by Crippen LogP contribution is -2.36. The summed E-state index contributed by atoms with van der Waals surface area (Å²) < 4.78 is 0. The van der Waals surface area contributed by atoms with E-state index in [9.17, 15) is 9.59 Å². The van der Waals surface area contributed by atoms with Crippen molar-refractivity contribution in [3.05, 3.63) is 0 Å². The summed E-state index contributed by atoms with van der Waals surface area (Å²) in [5.74, 6) is 0.611. The first-order valence-electron chi connectivity index (χ1n) is 6.96. The number of nitrogens with two attached hydrogens (primary N) is 1. The predicted octanol–water partition coefficient (Wildman–Crippen LogP) is 0.960. The number of hydrogen-bond donors (Lipinski definition) is 3. The van der Waals surface area contributed by atoms with Gasteiger partial charge in [-0.3, -0.25) is 9.59 Å². The fourth-order valence-electron chi connectivity index (χ4n) is 2.35. The summed E-state index contributed by atoms with van der Waals surface area (Å²) in [6.07, 6.45) is 7.17. The number of amides is 2. The zero-order valence-electron chi connectivity index (χ0n) is 11.5. The van der Waals surface area contributed by atoms with Gasteiger partial charge in [0.15, 0.2) is 0 Å². The molecule has 0 aromatic heterocycles. The molecule has 0 radical (unpaired) electrons. The van der Waals surface area contributed by atoms with E-state index in [1.54, 1.807) is 0 Å². The largest absolute Gasteiger partial charge is 0.354 e. The van der Waals surface area contributed by atoms with Crippen LogP contribution in [0.3, 0.4) is 0 Å². The van der Waals surface area contributed by atoms with E-state index in [2.05, 4.69) is 10.6 Å². The van der Waals surface area contributed by atoms with Crippen LogP contribution < -0.4 is 16.4 Å². The van der Waals surface area contributed by atoms with Gasteiger partial charge < -0.3 is 16.4 Å². The number of nitrogens with one attached hydrogen (secondary N) is 2. The van der Waals surface area contributed by atoms with Crippen molar-refractivity contribution in [1.29, 1.82) is 0 Å². The average Bonchev–Trinajstić information content (AvgIpc) is 2.36. The predicted molar refractivity (Wildman–Crippen MR) is 78.1 cm³/mol. The second-order valence-corrected chi connectivity index (χ2v) is 4.95. The molecule has 1 aliphatic carbocycles. The normalized spacial score (nSPS) is 15.4. The molecule has 1 saturated carbocycles. The molecule has 0 heterocycles. The molecular formula is C13H26ClN3O2. The lowest BCUT2D eigenvalue weighted by Gasteiger charge is -2.20. The van der Waals surface area contributed by atoms with Crippen molar-refractivity contribution < 1.29 is 9.59 Å². The highest BCUT2D eigenvalue weighted by Crippen LogP contribution is 2.25. The van der Waals surface area contributed by atoms with Crippen LogP contribution in [-0.2, 0) is 9.59 Å². The Morgan fingerprint density at radius 3 is 2.16 bits per heavy atom. The molecule has 5 nitrogen and oxygen atoms in total. The molecular weight excluding hydrogens is 266 g/mol. The highest BCUT2D eigenvalue weighted by atomic mass is 35.5. The van der Waals surface area contributed by atoms with Crippen LogP contribution >= 0.6 is 12.4 Å². The molecule has 2 amide bonds. The van der Waals surface area contributed by atoms with Crippen molar-refractivity contribution >= 4 is 24.2 Å². The number of rotatable bonds is 7. The van der Waals surface area contributed by atoms with Crippen LogP contribution in [0, 0.1) is 5.92 Å². The Morgan fingerprint density at radius 2 is 1.58 bits per heavy atom. The number of hydrogen-bond acceptors (Lipinski definition) is 3. The van der Waals surface area contributed by atoms with Gasteiger partial charge in [-0.2, -0.15) is 0 Å². The van der Waals surface area contributed by atoms with Gasteiger partial charge in [-0.15, -0.1) is 12.4 Å². The van der Waals surface area contributed by atoms with Crippen LogP contribution in [0.25, 0.3) is 0 Å². The van der Waals surface area contributed by atoms with E-state index in [-0.39, 0.29) is 24.2 Å². The Kier molecular flexibility index (Phi) is 10.6. The zero-order chi connectivity index (χ0) is 13.2. The lowest BCUT2D eigenvalue weighted by molar-refractivity contribution is -0.123. The third-order valence-electron chi connectivity index (χ3n) is 3.34. The summed E-state index contributed by atoms with van der Waals surface area (Å²) in [5, 5.41) is 5.55. The minimum absolute atomic E-state index is 0. The quantitative estimate of drug-likeness (QED) is 0.611. The summed E-state index contributed by atoms with van der Waals surface area (Å²) in [5.41, 5.74) is 5.26. The van der Waals surface area contributed by atoms with Crippen molar-refractivity contribution in [1.82, 2.24) is 10.6 Å². The molecule has 1 fully saturated rings. The van der Waals surface area contributed by atoms with Crippen molar-refractivity contribution in [2.45, 2.75) is 44.9 Å². The maximum absolute atomic E-state index is 11.6. The maximum atomic E-state index is 11.6. The van der Waals surface area contributed by atoms with Crippen molar-refractivity contribution in [3.63, 3.8) is 0 Å². The SMILES string of the molecule is Cl.NCCC(=O)NCCNC(=O)CC1CCCCC1. The van der Waals surface area contributed by atoms with Gasteiger partial charge in [0.1, 0.15) is 0 Å². The molecule has 112 valence electrons. The Hall–Kier alpha value is -0.810. The third-order valence-corrected chi connectivity index (χ3v) is 3.34. The van der Waals surface area contributed by atoms with Gasteiger partial charge in [-0.25, -0.2) is 0 Å². The van der Waals surface area contributed by atoms with E-state index in [1.807, 2.05) is 0 Å². The molecule has 19 heavy (non-hydrogen) atoms. The van der Waals surface area contributed by atoms with E-state index in [0.29, 0.717) is 38.4 Å². The molecule has 0 aromatic rings. The number of carbonyl (C=O) groups is 2. The molecule has 0 aliphatic heterocycles. The van der Waals surface area contributed by atoms with Crippen LogP contribution in [0.1, 0.15) is 44.9 Å². The smallest absolute Gasteiger partial charge is 0.221 e. The molecule has 1 rings (SSSR count). The van der Waals surface area contributed by atoms with Crippen LogP contribution in [0.2, 0.25) is 0 Å². The van der Waals surface area contributed by atoms with Gasteiger partial charge in [0, 0.05) is 32.5 Å². The number of carbonyl (C=O) groups excluding carboxylic acids is 2. The molecule has 0 aromatic carbocycles. The summed E-state index contributed by atoms with van der Waals surface area (Å²) in [4.78, 5) is 22.7. The topological polar surface area (TPSA) is 84.2 Å². The Morgan fingerprint density at radius 1 is 1.00 bits per heavy atom. The highest BCUT2D eigenvalue weighted by molar-refractivity contribution is 5.85. The molecule has 6 heteroatoms. The fraction of sp³-hybridized carbons (Fsp3) is 0.846. The van der Waals surface area contributed by atoms with Gasteiger partial charge in [-0.05, 0) is 18.8 Å². The summed E-state index contributed by atoms with van der Waals surface area (Å²) in [7, 11) is 0. The molecule has 1 aliphatic rings. The second-order valence-electron chi connectivity index (χ2n) is 4.95. The Bertz CT molecular complexity index is 269. The van der Waals surface area contributed by atoms with Gasteiger partial charge in [-0.1, -0.05) is 19.3 Å². The average molecular weight is 292 g/mol. The van der Waals surface area contributed by atoms with Gasteiger partial charge in [0.2, 0.25) is 11.8 Å². The van der Waals surface area contributed by atoms with Crippen LogP contribution in [-0.4, -0.2) is 31.4 Å². The van der Waals surface area contributed by atoms with Gasteiger partial charge in [0.25, 0.3) is 0 Å². The third kappa shape index (κ3) is 8.83. The fourth-order valence-corrected chi connectivity index (χ4v) is 2.35. The molecule has 4 N–H and O–H groups in total. The first-order chi connectivity index (χ1) is 8.72. The minimum atomic E-state index is -0.0565. The lowest BCUT2D eigenvalue weighted by atomic mass is 9.87. The van der Waals surface area contributed by atoms with Crippen LogP contribution in [0.5, 0.6) is 0 Å². The van der Waals surface area contributed by atoms with Crippen molar-refractivity contribution in [2.24, 2.45) is 11.7 Å². The molecule has 0 spiro atoms. The van der Waals surface area contributed by atoms with E-state index in [4.69, 9.17) is 5.73 Å². The first-order valence-corrected chi connectivity index (χ1v) is 6.96. The van der Waals surface area contributed by atoms with E-state index >= 15 is 0 Å². The number of halogens is 1.